The van der Waals surface area contributed by atoms with Crippen molar-refractivity contribution >= 4 is 46.1 Å². The van der Waals surface area contributed by atoms with E-state index in [0.717, 1.165) is 45.0 Å². The van der Waals surface area contributed by atoms with Gasteiger partial charge in [-0.3, -0.25) is 4.79 Å². The number of hydrogen-bond donors (Lipinski definition) is 1. The van der Waals surface area contributed by atoms with Gasteiger partial charge in [0.1, 0.15) is 12.4 Å². The van der Waals surface area contributed by atoms with Crippen molar-refractivity contribution < 1.29 is 33.5 Å². The lowest BCUT2D eigenvalue weighted by Crippen LogP contribution is -2.25. The van der Waals surface area contributed by atoms with Gasteiger partial charge in [-0.25, -0.2) is 9.59 Å². The number of ether oxygens (including phenoxy) is 2. The van der Waals surface area contributed by atoms with E-state index in [1.54, 1.807) is 13.8 Å². The van der Waals surface area contributed by atoms with Gasteiger partial charge < -0.3 is 19.5 Å². The van der Waals surface area contributed by atoms with Crippen molar-refractivity contribution in [1.82, 2.24) is 0 Å². The maximum absolute atomic E-state index is 13.5. The molecule has 2 aliphatic carbocycles. The summed E-state index contributed by atoms with van der Waals surface area (Å²) in [5, 5.41) is 11.2. The predicted octanol–water partition coefficient (Wildman–Crippen LogP) is 8.36. The van der Waals surface area contributed by atoms with Crippen molar-refractivity contribution in [3.8, 4) is 0 Å². The Hall–Kier alpha value is -6.02. The minimum Gasteiger partial charge on any atom is -0.506 e. The normalized spacial score (nSPS) is 13.6. The molecule has 0 aromatic heterocycles. The highest BCUT2D eigenvalue weighted by Gasteiger charge is 2.37. The molecule has 2 aliphatic rings. The minimum absolute atomic E-state index is 0.0543. The smallest absolute Gasteiger partial charge is 0.333 e. The molecule has 0 amide bonds. The highest BCUT2D eigenvalue weighted by molar-refractivity contribution is 6.39. The molecular formula is C44H45N2O6+. The first-order chi connectivity index (χ1) is 24.8. The average molecular weight is 698 g/mol. The van der Waals surface area contributed by atoms with Crippen LogP contribution in [0.15, 0.2) is 126 Å². The monoisotopic (exact) mass is 697 g/mol. The molecule has 52 heavy (non-hydrogen) atoms. The molecule has 1 N–H and O–H groups in total. The maximum atomic E-state index is 13.5. The van der Waals surface area contributed by atoms with Crippen LogP contribution in [-0.2, 0) is 23.9 Å². The van der Waals surface area contributed by atoms with Crippen LogP contribution in [-0.4, -0.2) is 59.4 Å². The summed E-state index contributed by atoms with van der Waals surface area (Å²) in [4.78, 5) is 39.7. The van der Waals surface area contributed by atoms with Crippen LogP contribution < -0.4 is 4.90 Å². The standard InChI is InChI=1S/C44H44N2O6/c1-27(2)43(49)51-23-21-45(37-19-9-29(5)25-31(37)7)35-15-11-33(12-16-35)39-41(47)40(42(39)48)34-13-17-36(18-14-34)46(22-24-52-44(50)28(3)4)38-20-10-30(6)26-32(38)8/h9-20,25-26H,1,3,21-24H2,2,4-8H3/p+1. The Kier molecular flexibility index (Phi) is 11.4. The fraction of sp³-hybridized carbons (Fsp3) is 0.227. The van der Waals surface area contributed by atoms with E-state index >= 15 is 0 Å². The number of aliphatic hydroxyl groups excluding tert-OH is 1. The number of esters is 2. The third-order valence-corrected chi connectivity index (χ3v) is 8.94. The van der Waals surface area contributed by atoms with Crippen molar-refractivity contribution in [2.45, 2.75) is 41.5 Å². The van der Waals surface area contributed by atoms with Gasteiger partial charge in [-0.2, -0.15) is 4.58 Å². The first-order valence-corrected chi connectivity index (χ1v) is 17.2. The molecule has 5 rings (SSSR count). The van der Waals surface area contributed by atoms with Crippen LogP contribution in [0.5, 0.6) is 0 Å². The molecular weight excluding hydrogens is 652 g/mol. The van der Waals surface area contributed by atoms with Gasteiger partial charge in [-0.05, 0) is 94.7 Å². The Labute approximate surface area is 305 Å². The molecule has 0 heterocycles. The molecule has 0 radical (unpaired) electrons. The van der Waals surface area contributed by atoms with Gasteiger partial charge in [0, 0.05) is 46.3 Å². The SMILES string of the molecule is C=C(C)C(=O)OCCN(c1ccc(C2=C(O)C(=C3C=CC(=[N+](CCOC(=O)C(=C)C)c4ccc(C)cc4C)C=C3)C2=O)cc1)c1ccc(C)cc1C. The van der Waals surface area contributed by atoms with Crippen LogP contribution in [0.3, 0.4) is 0 Å². The average Bonchev–Trinajstić information content (AvgIpc) is 3.10. The highest BCUT2D eigenvalue weighted by atomic mass is 16.5. The van der Waals surface area contributed by atoms with Crippen LogP contribution in [0, 0.1) is 27.7 Å². The summed E-state index contributed by atoms with van der Waals surface area (Å²) in [5.74, 6) is -1.18. The number of aliphatic hydroxyl groups is 1. The molecule has 8 nitrogen and oxygen atoms in total. The first-order valence-electron chi connectivity index (χ1n) is 17.2. The third-order valence-electron chi connectivity index (χ3n) is 8.94. The molecule has 0 aliphatic heterocycles. The fourth-order valence-electron chi connectivity index (χ4n) is 6.25. The number of aryl methyl sites for hydroxylation is 4. The quantitative estimate of drug-likeness (QED) is 0.115. The van der Waals surface area contributed by atoms with Crippen molar-refractivity contribution in [2.75, 3.05) is 31.2 Å². The van der Waals surface area contributed by atoms with Crippen molar-refractivity contribution in [1.29, 1.82) is 0 Å². The van der Waals surface area contributed by atoms with E-state index in [9.17, 15) is 19.5 Å². The van der Waals surface area contributed by atoms with Crippen LogP contribution in [0.1, 0.15) is 41.7 Å². The van der Waals surface area contributed by atoms with E-state index in [2.05, 4.69) is 34.8 Å². The zero-order chi connectivity index (χ0) is 37.7. The molecule has 0 bridgehead atoms. The molecule has 266 valence electrons. The molecule has 0 saturated heterocycles. The molecule has 0 spiro atoms. The van der Waals surface area contributed by atoms with E-state index in [0.29, 0.717) is 35.4 Å². The number of rotatable bonds is 12. The topological polar surface area (TPSA) is 96.1 Å². The van der Waals surface area contributed by atoms with Crippen LogP contribution >= 0.6 is 0 Å². The van der Waals surface area contributed by atoms with Gasteiger partial charge >= 0.3 is 11.9 Å². The first kappa shape index (κ1) is 37.2. The maximum Gasteiger partial charge on any atom is 0.333 e. The van der Waals surface area contributed by atoms with Crippen LogP contribution in [0.4, 0.5) is 17.1 Å². The number of ketones is 1. The van der Waals surface area contributed by atoms with Crippen LogP contribution in [0.25, 0.3) is 5.57 Å². The van der Waals surface area contributed by atoms with E-state index in [4.69, 9.17) is 9.47 Å². The molecule has 0 fully saturated rings. The molecule has 0 atom stereocenters. The third kappa shape index (κ3) is 8.13. The second-order valence-corrected chi connectivity index (χ2v) is 13.2. The minimum atomic E-state index is -0.441. The van der Waals surface area contributed by atoms with Gasteiger partial charge in [0.2, 0.25) is 17.2 Å². The Morgan fingerprint density at radius 1 is 0.750 bits per heavy atom. The summed E-state index contributed by atoms with van der Waals surface area (Å²) in [6, 6.07) is 19.8. The summed E-state index contributed by atoms with van der Waals surface area (Å²) in [6.45, 7) is 19.8. The zero-order valence-electron chi connectivity index (χ0n) is 30.7. The van der Waals surface area contributed by atoms with Gasteiger partial charge in [-0.1, -0.05) is 54.6 Å². The highest BCUT2D eigenvalue weighted by Crippen LogP contribution is 2.40. The summed E-state index contributed by atoms with van der Waals surface area (Å²) in [6.07, 6.45) is 7.42. The van der Waals surface area contributed by atoms with Crippen molar-refractivity contribution in [3.63, 3.8) is 0 Å². The van der Waals surface area contributed by atoms with Gasteiger partial charge in [0.05, 0.1) is 17.7 Å². The molecule has 0 saturated carbocycles. The van der Waals surface area contributed by atoms with Gasteiger partial charge in [0.15, 0.2) is 13.2 Å². The van der Waals surface area contributed by atoms with E-state index in [-0.39, 0.29) is 35.9 Å². The molecule has 8 heteroatoms. The number of Topliss-reactive ketones (excluding diaryl/α,β-unsaturated/α-hetero) is 1. The van der Waals surface area contributed by atoms with Gasteiger partial charge in [-0.15, -0.1) is 0 Å². The van der Waals surface area contributed by atoms with Crippen LogP contribution in [0.2, 0.25) is 0 Å². The summed E-state index contributed by atoms with van der Waals surface area (Å²) >= 11 is 0. The van der Waals surface area contributed by atoms with Gasteiger partial charge in [0.25, 0.3) is 0 Å². The lowest BCUT2D eigenvalue weighted by atomic mass is 9.80. The second-order valence-electron chi connectivity index (χ2n) is 13.2. The number of carbonyl (C=O) groups excluding carboxylic acids is 3. The van der Waals surface area contributed by atoms with Crippen molar-refractivity contribution in [2.24, 2.45) is 0 Å². The second kappa shape index (κ2) is 15.9. The number of carbonyl (C=O) groups is 3. The fourth-order valence-corrected chi connectivity index (χ4v) is 6.25. The largest absolute Gasteiger partial charge is 0.506 e. The van der Waals surface area contributed by atoms with E-state index in [1.807, 2.05) is 101 Å². The number of anilines is 2. The van der Waals surface area contributed by atoms with Crippen molar-refractivity contribution in [3.05, 3.63) is 154 Å². The lowest BCUT2D eigenvalue weighted by Gasteiger charge is -2.28. The Morgan fingerprint density at radius 3 is 1.88 bits per heavy atom. The molecule has 3 aromatic rings. The number of benzene rings is 3. The summed E-state index contributed by atoms with van der Waals surface area (Å²) in [7, 11) is 0. The summed E-state index contributed by atoms with van der Waals surface area (Å²) < 4.78 is 12.9. The Bertz CT molecular complexity index is 2120. The molecule has 3 aromatic carbocycles. The van der Waals surface area contributed by atoms with E-state index in [1.165, 1.54) is 0 Å². The number of allylic oxidation sites excluding steroid dienone is 7. The Balaban J connectivity index is 1.40. The predicted molar refractivity (Wildman–Crippen MR) is 206 cm³/mol. The Morgan fingerprint density at radius 2 is 1.33 bits per heavy atom. The number of hydrogen-bond acceptors (Lipinski definition) is 7. The number of nitrogens with zero attached hydrogens (tertiary/aromatic N) is 2. The summed E-state index contributed by atoms with van der Waals surface area (Å²) in [5.41, 5.74) is 10.4. The molecule has 0 unspecified atom stereocenters. The zero-order valence-corrected chi connectivity index (χ0v) is 30.7. The van der Waals surface area contributed by atoms with E-state index < -0.39 is 11.9 Å². The lowest BCUT2D eigenvalue weighted by molar-refractivity contribution is -0.442.